The van der Waals surface area contributed by atoms with Gasteiger partial charge in [0.1, 0.15) is 0 Å². The number of aliphatic hydroxyl groups is 1. The standard InChI is InChI=1S/C16H21N3O/c20-10-16(18-12-5-6-12)8-7-13(9-16)19-11-17-14-3-1-2-4-15(14)19/h1-4,11-13,18,20H,5-10H2. The van der Waals surface area contributed by atoms with E-state index >= 15 is 0 Å². The lowest BCUT2D eigenvalue weighted by Crippen LogP contribution is -2.47. The fraction of sp³-hybridized carbons (Fsp3) is 0.562. The van der Waals surface area contributed by atoms with Gasteiger partial charge in [-0.25, -0.2) is 4.98 Å². The molecule has 2 fully saturated rings. The highest BCUT2D eigenvalue weighted by Crippen LogP contribution is 2.40. The van der Waals surface area contributed by atoms with Crippen molar-refractivity contribution in [3.05, 3.63) is 30.6 Å². The van der Waals surface area contributed by atoms with Crippen LogP contribution >= 0.6 is 0 Å². The Hall–Kier alpha value is -1.39. The van der Waals surface area contributed by atoms with Crippen LogP contribution in [0.1, 0.15) is 38.1 Å². The average molecular weight is 271 g/mol. The maximum atomic E-state index is 9.83. The van der Waals surface area contributed by atoms with Crippen molar-refractivity contribution in [3.63, 3.8) is 0 Å². The summed E-state index contributed by atoms with van der Waals surface area (Å²) in [6.07, 6.45) is 7.65. The molecular formula is C16H21N3O. The minimum atomic E-state index is -0.0722. The largest absolute Gasteiger partial charge is 0.394 e. The number of benzene rings is 1. The molecule has 2 atom stereocenters. The van der Waals surface area contributed by atoms with E-state index in [1.54, 1.807) is 0 Å². The maximum Gasteiger partial charge on any atom is 0.0960 e. The van der Waals surface area contributed by atoms with Gasteiger partial charge in [-0.2, -0.15) is 0 Å². The lowest BCUT2D eigenvalue weighted by atomic mass is 9.98. The van der Waals surface area contributed by atoms with Crippen molar-refractivity contribution in [1.29, 1.82) is 0 Å². The third-order valence-electron chi connectivity index (χ3n) is 4.85. The molecular weight excluding hydrogens is 250 g/mol. The number of hydrogen-bond donors (Lipinski definition) is 2. The van der Waals surface area contributed by atoms with Gasteiger partial charge >= 0.3 is 0 Å². The monoisotopic (exact) mass is 271 g/mol. The van der Waals surface area contributed by atoms with Gasteiger partial charge in [0.15, 0.2) is 0 Å². The fourth-order valence-electron chi connectivity index (χ4n) is 3.59. The van der Waals surface area contributed by atoms with Crippen LogP contribution in [0.15, 0.2) is 30.6 Å². The highest BCUT2D eigenvalue weighted by molar-refractivity contribution is 5.75. The van der Waals surface area contributed by atoms with Crippen LogP contribution in [0.2, 0.25) is 0 Å². The zero-order valence-corrected chi connectivity index (χ0v) is 11.6. The van der Waals surface area contributed by atoms with Crippen molar-refractivity contribution < 1.29 is 5.11 Å². The summed E-state index contributed by atoms with van der Waals surface area (Å²) >= 11 is 0. The summed E-state index contributed by atoms with van der Waals surface area (Å²) in [5.41, 5.74) is 2.19. The molecule has 4 heteroatoms. The van der Waals surface area contributed by atoms with E-state index in [0.717, 1.165) is 24.8 Å². The summed E-state index contributed by atoms with van der Waals surface area (Å²) in [5.74, 6) is 0. The molecule has 2 unspecified atom stereocenters. The third-order valence-corrected chi connectivity index (χ3v) is 4.85. The minimum Gasteiger partial charge on any atom is -0.394 e. The molecule has 2 aromatic rings. The van der Waals surface area contributed by atoms with Gasteiger partial charge in [-0.05, 0) is 44.2 Å². The summed E-state index contributed by atoms with van der Waals surface area (Å²) in [6, 6.07) is 9.37. The molecule has 0 aliphatic heterocycles. The van der Waals surface area contributed by atoms with Crippen molar-refractivity contribution in [2.75, 3.05) is 6.61 Å². The molecule has 1 aromatic carbocycles. The first-order chi connectivity index (χ1) is 9.80. The van der Waals surface area contributed by atoms with E-state index in [1.807, 2.05) is 12.4 Å². The molecule has 4 rings (SSSR count). The molecule has 1 heterocycles. The molecule has 2 aliphatic rings. The van der Waals surface area contributed by atoms with Gasteiger partial charge < -0.3 is 15.0 Å². The quantitative estimate of drug-likeness (QED) is 0.896. The second-order valence-electron chi connectivity index (χ2n) is 6.39. The average Bonchev–Trinajstić information content (AvgIpc) is 3.03. The summed E-state index contributed by atoms with van der Waals surface area (Å²) in [5, 5.41) is 13.5. The first kappa shape index (κ1) is 12.4. The molecule has 106 valence electrons. The fourth-order valence-corrected chi connectivity index (χ4v) is 3.59. The number of hydrogen-bond acceptors (Lipinski definition) is 3. The molecule has 0 saturated heterocycles. The van der Waals surface area contributed by atoms with Crippen molar-refractivity contribution in [1.82, 2.24) is 14.9 Å². The molecule has 2 aliphatic carbocycles. The Morgan fingerprint density at radius 1 is 1.30 bits per heavy atom. The lowest BCUT2D eigenvalue weighted by Gasteiger charge is -2.29. The Kier molecular flexibility index (Phi) is 2.82. The van der Waals surface area contributed by atoms with Crippen LogP contribution < -0.4 is 5.32 Å². The molecule has 4 nitrogen and oxygen atoms in total. The van der Waals surface area contributed by atoms with E-state index in [-0.39, 0.29) is 12.1 Å². The number of aromatic nitrogens is 2. The van der Waals surface area contributed by atoms with Crippen LogP contribution in [0.3, 0.4) is 0 Å². The van der Waals surface area contributed by atoms with E-state index in [2.05, 4.69) is 33.1 Å². The van der Waals surface area contributed by atoms with E-state index in [4.69, 9.17) is 0 Å². The molecule has 0 radical (unpaired) electrons. The van der Waals surface area contributed by atoms with Crippen LogP contribution in [0.5, 0.6) is 0 Å². The van der Waals surface area contributed by atoms with Crippen LogP contribution in [0.4, 0.5) is 0 Å². The van der Waals surface area contributed by atoms with Gasteiger partial charge in [0.2, 0.25) is 0 Å². The van der Waals surface area contributed by atoms with Crippen LogP contribution in [-0.2, 0) is 0 Å². The van der Waals surface area contributed by atoms with Gasteiger partial charge in [0.05, 0.1) is 24.0 Å². The second kappa shape index (κ2) is 4.57. The Morgan fingerprint density at radius 3 is 2.95 bits per heavy atom. The number of nitrogens with zero attached hydrogens (tertiary/aromatic N) is 2. The highest BCUT2D eigenvalue weighted by Gasteiger charge is 2.42. The molecule has 0 amide bonds. The summed E-state index contributed by atoms with van der Waals surface area (Å²) in [7, 11) is 0. The van der Waals surface area contributed by atoms with Gasteiger partial charge in [0.25, 0.3) is 0 Å². The number of fused-ring (bicyclic) bond motifs is 1. The zero-order chi connectivity index (χ0) is 13.6. The minimum absolute atomic E-state index is 0.0722. The molecule has 2 saturated carbocycles. The number of para-hydroxylation sites is 2. The van der Waals surface area contributed by atoms with E-state index in [1.165, 1.54) is 18.4 Å². The van der Waals surface area contributed by atoms with Gasteiger partial charge in [-0.15, -0.1) is 0 Å². The maximum absolute atomic E-state index is 9.83. The van der Waals surface area contributed by atoms with Crippen molar-refractivity contribution in [2.24, 2.45) is 0 Å². The van der Waals surface area contributed by atoms with Crippen molar-refractivity contribution in [2.45, 2.75) is 49.7 Å². The number of rotatable bonds is 4. The SMILES string of the molecule is OCC1(NC2CC2)CCC(n2cnc3ccccc32)C1. The topological polar surface area (TPSA) is 50.1 Å². The Morgan fingerprint density at radius 2 is 2.15 bits per heavy atom. The smallest absolute Gasteiger partial charge is 0.0960 e. The van der Waals surface area contributed by atoms with Crippen LogP contribution in [0, 0.1) is 0 Å². The third kappa shape index (κ3) is 2.03. The first-order valence-electron chi connectivity index (χ1n) is 7.60. The molecule has 2 N–H and O–H groups in total. The summed E-state index contributed by atoms with van der Waals surface area (Å²) < 4.78 is 2.29. The predicted molar refractivity (Wildman–Crippen MR) is 78.6 cm³/mol. The first-order valence-corrected chi connectivity index (χ1v) is 7.60. The summed E-state index contributed by atoms with van der Waals surface area (Å²) in [6.45, 7) is 0.243. The van der Waals surface area contributed by atoms with Gasteiger partial charge in [-0.3, -0.25) is 0 Å². The number of aliphatic hydroxyl groups excluding tert-OH is 1. The molecule has 0 bridgehead atoms. The summed E-state index contributed by atoms with van der Waals surface area (Å²) in [4.78, 5) is 4.49. The second-order valence-corrected chi connectivity index (χ2v) is 6.39. The number of imidazole rings is 1. The normalized spacial score (nSPS) is 30.1. The Bertz CT molecular complexity index is 619. The molecule has 20 heavy (non-hydrogen) atoms. The van der Waals surface area contributed by atoms with Gasteiger partial charge in [0, 0.05) is 17.6 Å². The molecule has 1 aromatic heterocycles. The van der Waals surface area contributed by atoms with E-state index in [0.29, 0.717) is 12.1 Å². The zero-order valence-electron chi connectivity index (χ0n) is 11.6. The van der Waals surface area contributed by atoms with Crippen LogP contribution in [-0.4, -0.2) is 32.8 Å². The van der Waals surface area contributed by atoms with E-state index in [9.17, 15) is 5.11 Å². The van der Waals surface area contributed by atoms with Crippen molar-refractivity contribution >= 4 is 11.0 Å². The predicted octanol–water partition coefficient (Wildman–Crippen LogP) is 2.24. The van der Waals surface area contributed by atoms with Crippen molar-refractivity contribution in [3.8, 4) is 0 Å². The van der Waals surface area contributed by atoms with Gasteiger partial charge in [-0.1, -0.05) is 12.1 Å². The van der Waals surface area contributed by atoms with Crippen LogP contribution in [0.25, 0.3) is 11.0 Å². The lowest BCUT2D eigenvalue weighted by molar-refractivity contribution is 0.159. The van der Waals surface area contributed by atoms with E-state index < -0.39 is 0 Å². The Balaban J connectivity index is 1.60. The number of nitrogens with one attached hydrogen (secondary N) is 1. The molecule has 0 spiro atoms. The highest BCUT2D eigenvalue weighted by atomic mass is 16.3. The Labute approximate surface area is 118 Å².